The van der Waals surface area contributed by atoms with Gasteiger partial charge in [0.2, 0.25) is 0 Å². The van der Waals surface area contributed by atoms with Crippen LogP contribution in [0.25, 0.3) is 0 Å². The largest absolute Gasteiger partial charge is 0.274 e. The molecule has 0 aliphatic carbocycles. The smallest absolute Gasteiger partial charge is 0.272 e. The molecule has 1 heterocycles. The van der Waals surface area contributed by atoms with Crippen molar-refractivity contribution in [3.8, 4) is 0 Å². The Kier molecular flexibility index (Phi) is 4.96. The zero-order chi connectivity index (χ0) is 10.7. The minimum absolute atomic E-state index is 0. The van der Waals surface area contributed by atoms with E-state index in [0.717, 1.165) is 12.2 Å². The molecule has 0 aromatic rings. The van der Waals surface area contributed by atoms with E-state index >= 15 is 0 Å². The van der Waals surface area contributed by atoms with Crippen molar-refractivity contribution in [3.05, 3.63) is 12.2 Å². The van der Waals surface area contributed by atoms with Crippen LogP contribution in [0.5, 0.6) is 0 Å². The molecule has 2 N–H and O–H groups in total. The van der Waals surface area contributed by atoms with Crippen LogP contribution < -0.4 is 5.84 Å². The molecule has 84 valence electrons. The molecule has 3 amide bonds. The van der Waals surface area contributed by atoms with Gasteiger partial charge in [0, 0.05) is 18.6 Å². The molecule has 1 rings (SSSR count). The highest BCUT2D eigenvalue weighted by Gasteiger charge is 2.30. The normalized spacial score (nSPS) is 14.1. The number of amides is 3. The average Bonchev–Trinajstić information content (AvgIpc) is 2.46. The first kappa shape index (κ1) is 13.6. The van der Waals surface area contributed by atoms with Crippen LogP contribution in [0.1, 0.15) is 19.8 Å². The van der Waals surface area contributed by atoms with Gasteiger partial charge in [-0.3, -0.25) is 14.4 Å². The summed E-state index contributed by atoms with van der Waals surface area (Å²) in [6.45, 7) is 1.80. The number of halogens is 1. The van der Waals surface area contributed by atoms with E-state index < -0.39 is 17.7 Å². The summed E-state index contributed by atoms with van der Waals surface area (Å²) in [5, 5.41) is 1.17. The molecule has 0 fully saturated rings. The summed E-state index contributed by atoms with van der Waals surface area (Å²) in [6.07, 6.45) is 2.95. The fourth-order valence-electron chi connectivity index (χ4n) is 1.04. The molecule has 0 bridgehead atoms. The van der Waals surface area contributed by atoms with Crippen LogP contribution in [0.3, 0.4) is 0 Å². The molecule has 0 saturated carbocycles. The second kappa shape index (κ2) is 5.47. The Balaban J connectivity index is 0.00000196. The van der Waals surface area contributed by atoms with Gasteiger partial charge >= 0.3 is 0 Å². The van der Waals surface area contributed by atoms with E-state index in [1.165, 1.54) is 0 Å². The maximum atomic E-state index is 11.2. The number of hydrogen-bond acceptors (Lipinski definition) is 4. The van der Waals surface area contributed by atoms with Gasteiger partial charge in [-0.25, -0.2) is 5.84 Å². The van der Waals surface area contributed by atoms with Gasteiger partial charge in [0.1, 0.15) is 0 Å². The number of nitrogens with zero attached hydrogens (tertiary/aromatic N) is 2. The van der Waals surface area contributed by atoms with Crippen molar-refractivity contribution < 1.29 is 14.4 Å². The summed E-state index contributed by atoms with van der Waals surface area (Å²) in [7, 11) is 0. The first-order chi connectivity index (χ1) is 6.57. The van der Waals surface area contributed by atoms with E-state index in [9.17, 15) is 14.4 Å². The lowest BCUT2D eigenvalue weighted by molar-refractivity contribution is -0.167. The first-order valence-electron chi connectivity index (χ1n) is 4.21. The van der Waals surface area contributed by atoms with Gasteiger partial charge in [0.05, 0.1) is 0 Å². The lowest BCUT2D eigenvalue weighted by Crippen LogP contribution is -2.53. The molecule has 0 radical (unpaired) electrons. The standard InChI is InChI=1S/C8H11N3O3.ClH/c1-2-3-8(14)11(9)10-6(12)4-5-7(10)13;/h4-5H,2-3,9H2,1H3;1H. The zero-order valence-electron chi connectivity index (χ0n) is 8.17. The van der Waals surface area contributed by atoms with Gasteiger partial charge in [-0.05, 0) is 6.42 Å². The molecule has 7 heteroatoms. The van der Waals surface area contributed by atoms with Crippen LogP contribution in [-0.2, 0) is 14.4 Å². The maximum Gasteiger partial charge on any atom is 0.274 e. The summed E-state index contributed by atoms with van der Waals surface area (Å²) in [5.41, 5.74) is 0. The Hall–Kier alpha value is -1.40. The SMILES string of the molecule is CCCC(=O)N(N)N1C(=O)C=CC1=O.Cl. The summed E-state index contributed by atoms with van der Waals surface area (Å²) in [6, 6.07) is 0. The number of rotatable bonds is 3. The first-order valence-corrected chi connectivity index (χ1v) is 4.21. The highest BCUT2D eigenvalue weighted by molar-refractivity contribution is 6.13. The molecule has 6 nitrogen and oxygen atoms in total. The van der Waals surface area contributed by atoms with Gasteiger partial charge in [0.25, 0.3) is 17.7 Å². The number of hydrogen-bond donors (Lipinski definition) is 1. The molecule has 1 aliphatic heterocycles. The molecule has 0 atom stereocenters. The zero-order valence-corrected chi connectivity index (χ0v) is 8.99. The van der Waals surface area contributed by atoms with E-state index in [0.29, 0.717) is 16.5 Å². The second-order valence-corrected chi connectivity index (χ2v) is 2.81. The van der Waals surface area contributed by atoms with Crippen LogP contribution in [0.15, 0.2) is 12.2 Å². The molecule has 0 aromatic carbocycles. The fraction of sp³-hybridized carbons (Fsp3) is 0.375. The summed E-state index contributed by atoms with van der Waals surface area (Å²) < 4.78 is 0. The van der Waals surface area contributed by atoms with Gasteiger partial charge < -0.3 is 0 Å². The molecule has 0 unspecified atom stereocenters. The van der Waals surface area contributed by atoms with E-state index in [-0.39, 0.29) is 18.8 Å². The molecular weight excluding hydrogens is 222 g/mol. The van der Waals surface area contributed by atoms with Crippen molar-refractivity contribution in [3.63, 3.8) is 0 Å². The van der Waals surface area contributed by atoms with Crippen LogP contribution in [-0.4, -0.2) is 27.8 Å². The van der Waals surface area contributed by atoms with Gasteiger partial charge in [-0.15, -0.1) is 12.4 Å². The van der Waals surface area contributed by atoms with Gasteiger partial charge in [-0.2, -0.15) is 10.1 Å². The predicted octanol–water partition coefficient (Wildman–Crippen LogP) is -0.249. The Morgan fingerprint density at radius 2 is 1.87 bits per heavy atom. The van der Waals surface area contributed by atoms with Crippen molar-refractivity contribution in [2.75, 3.05) is 0 Å². The van der Waals surface area contributed by atoms with Crippen molar-refractivity contribution in [1.82, 2.24) is 10.1 Å². The van der Waals surface area contributed by atoms with Crippen LogP contribution in [0.4, 0.5) is 0 Å². The van der Waals surface area contributed by atoms with Crippen LogP contribution in [0.2, 0.25) is 0 Å². The number of nitrogens with two attached hydrogens (primary N) is 1. The Labute approximate surface area is 93.0 Å². The fourth-order valence-corrected chi connectivity index (χ4v) is 1.04. The quantitative estimate of drug-likeness (QED) is 0.315. The van der Waals surface area contributed by atoms with Crippen LogP contribution >= 0.6 is 12.4 Å². The molecular formula is C8H12ClN3O3. The summed E-state index contributed by atoms with van der Waals surface area (Å²) in [4.78, 5) is 33.4. The molecule has 1 aliphatic rings. The van der Waals surface area contributed by atoms with Gasteiger partial charge in [-0.1, -0.05) is 6.92 Å². The molecule has 15 heavy (non-hydrogen) atoms. The third kappa shape index (κ3) is 2.77. The van der Waals surface area contributed by atoms with Crippen molar-refractivity contribution in [2.24, 2.45) is 5.84 Å². The Bertz CT molecular complexity index is 298. The van der Waals surface area contributed by atoms with Crippen molar-refractivity contribution >= 4 is 30.1 Å². The molecule has 0 aromatic heterocycles. The topological polar surface area (TPSA) is 83.7 Å². The van der Waals surface area contributed by atoms with E-state index in [1.807, 2.05) is 0 Å². The molecule has 0 saturated heterocycles. The maximum absolute atomic E-state index is 11.2. The van der Waals surface area contributed by atoms with E-state index in [2.05, 4.69) is 0 Å². The van der Waals surface area contributed by atoms with Crippen LogP contribution in [0, 0.1) is 0 Å². The third-order valence-corrected chi connectivity index (χ3v) is 1.72. The number of imide groups is 1. The monoisotopic (exact) mass is 233 g/mol. The Morgan fingerprint density at radius 1 is 1.40 bits per heavy atom. The number of carbonyl (C=O) groups excluding carboxylic acids is 3. The summed E-state index contributed by atoms with van der Waals surface area (Å²) >= 11 is 0. The molecule has 0 spiro atoms. The van der Waals surface area contributed by atoms with Crippen molar-refractivity contribution in [2.45, 2.75) is 19.8 Å². The highest BCUT2D eigenvalue weighted by atomic mass is 35.5. The third-order valence-electron chi connectivity index (χ3n) is 1.72. The predicted molar refractivity (Wildman–Crippen MR) is 54.2 cm³/mol. The number of carbonyl (C=O) groups is 3. The van der Waals surface area contributed by atoms with Crippen molar-refractivity contribution in [1.29, 1.82) is 0 Å². The Morgan fingerprint density at radius 3 is 2.27 bits per heavy atom. The second-order valence-electron chi connectivity index (χ2n) is 2.81. The average molecular weight is 234 g/mol. The minimum atomic E-state index is -0.595. The van der Waals surface area contributed by atoms with E-state index in [4.69, 9.17) is 5.84 Å². The van der Waals surface area contributed by atoms with Gasteiger partial charge in [0.15, 0.2) is 0 Å². The minimum Gasteiger partial charge on any atom is -0.272 e. The lowest BCUT2D eigenvalue weighted by Gasteiger charge is -2.24. The van der Waals surface area contributed by atoms with E-state index in [1.54, 1.807) is 6.92 Å². The summed E-state index contributed by atoms with van der Waals surface area (Å²) in [5.74, 6) is 3.67. The number of hydrazine groups is 2. The highest BCUT2D eigenvalue weighted by Crippen LogP contribution is 2.06. The lowest BCUT2D eigenvalue weighted by atomic mass is 10.3.